The van der Waals surface area contributed by atoms with E-state index < -0.39 is 0 Å². The zero-order valence-corrected chi connectivity index (χ0v) is 17.2. The van der Waals surface area contributed by atoms with Crippen LogP contribution in [0.2, 0.25) is 0 Å². The number of rotatable bonds is 7. The average molecular weight is 406 g/mol. The third kappa shape index (κ3) is 5.86. The minimum Gasteiger partial charge on any atom is -0.375 e. The summed E-state index contributed by atoms with van der Waals surface area (Å²) >= 11 is 1.64. The number of hydrogen-bond donors (Lipinski definition) is 2. The second-order valence-electron chi connectivity index (χ2n) is 6.59. The van der Waals surface area contributed by atoms with Gasteiger partial charge in [0.15, 0.2) is 0 Å². The molecule has 0 saturated heterocycles. The van der Waals surface area contributed by atoms with Crippen molar-refractivity contribution in [1.82, 2.24) is 4.90 Å². The lowest BCUT2D eigenvalue weighted by Gasteiger charge is -2.13. The fraction of sp³-hybridized carbons (Fsp3) is 0.130. The van der Waals surface area contributed by atoms with Crippen LogP contribution in [0.4, 0.5) is 11.4 Å². The van der Waals surface area contributed by atoms with Gasteiger partial charge in [-0.05, 0) is 42.5 Å². The summed E-state index contributed by atoms with van der Waals surface area (Å²) in [5.74, 6) is -0.287. The first kappa shape index (κ1) is 20.5. The fourth-order valence-electron chi connectivity index (χ4n) is 2.69. The topological polar surface area (TPSA) is 61.4 Å². The van der Waals surface area contributed by atoms with Gasteiger partial charge >= 0.3 is 0 Å². The molecule has 0 spiro atoms. The molecule has 2 amide bonds. The summed E-state index contributed by atoms with van der Waals surface area (Å²) in [5.41, 5.74) is 2.02. The summed E-state index contributed by atoms with van der Waals surface area (Å²) in [6.45, 7) is 0.123. The highest BCUT2D eigenvalue weighted by molar-refractivity contribution is 7.99. The van der Waals surface area contributed by atoms with E-state index in [-0.39, 0.29) is 18.4 Å². The van der Waals surface area contributed by atoms with Crippen molar-refractivity contribution in [3.63, 3.8) is 0 Å². The number of para-hydroxylation sites is 1. The number of carbonyl (C=O) groups is 2. The molecule has 0 atom stereocenters. The smallest absolute Gasteiger partial charge is 0.253 e. The van der Waals surface area contributed by atoms with E-state index in [1.54, 1.807) is 50.1 Å². The predicted octanol–water partition coefficient (Wildman–Crippen LogP) is 4.59. The van der Waals surface area contributed by atoms with Crippen LogP contribution in [0, 0.1) is 0 Å². The number of amides is 2. The second kappa shape index (κ2) is 9.80. The number of benzene rings is 3. The molecule has 0 aromatic heterocycles. The van der Waals surface area contributed by atoms with Gasteiger partial charge in [0.05, 0.1) is 6.54 Å². The first-order valence-corrected chi connectivity index (χ1v) is 10.0. The number of carbonyl (C=O) groups excluding carboxylic acids is 2. The summed E-state index contributed by atoms with van der Waals surface area (Å²) in [6.07, 6.45) is 0. The monoisotopic (exact) mass is 405 g/mol. The molecule has 0 bridgehead atoms. The number of hydrogen-bond acceptors (Lipinski definition) is 4. The maximum Gasteiger partial charge on any atom is 0.253 e. The van der Waals surface area contributed by atoms with E-state index in [0.717, 1.165) is 15.5 Å². The Morgan fingerprint density at radius 2 is 1.62 bits per heavy atom. The van der Waals surface area contributed by atoms with Crippen LogP contribution >= 0.6 is 11.8 Å². The van der Waals surface area contributed by atoms with Gasteiger partial charge in [0.2, 0.25) is 5.91 Å². The van der Waals surface area contributed by atoms with Crippen molar-refractivity contribution < 1.29 is 9.59 Å². The molecule has 0 radical (unpaired) electrons. The first-order chi connectivity index (χ1) is 14.0. The van der Waals surface area contributed by atoms with Crippen molar-refractivity contribution in [1.29, 1.82) is 0 Å². The quantitative estimate of drug-likeness (QED) is 0.604. The van der Waals surface area contributed by atoms with Crippen molar-refractivity contribution in [2.45, 2.75) is 9.79 Å². The molecule has 0 aliphatic heterocycles. The van der Waals surface area contributed by atoms with Gasteiger partial charge in [-0.25, -0.2) is 0 Å². The number of nitrogens with one attached hydrogen (secondary N) is 2. The molecule has 0 heterocycles. The van der Waals surface area contributed by atoms with Gasteiger partial charge < -0.3 is 15.5 Å². The first-order valence-electron chi connectivity index (χ1n) is 9.20. The summed E-state index contributed by atoms with van der Waals surface area (Å²) in [7, 11) is 3.39. The lowest BCUT2D eigenvalue weighted by molar-refractivity contribution is -0.114. The molecule has 3 aromatic rings. The minimum atomic E-state index is -0.182. The molecule has 0 aliphatic rings. The Labute approximate surface area is 175 Å². The molecule has 148 valence electrons. The van der Waals surface area contributed by atoms with E-state index in [1.807, 2.05) is 42.5 Å². The van der Waals surface area contributed by atoms with E-state index in [0.29, 0.717) is 11.3 Å². The molecular weight excluding hydrogens is 382 g/mol. The van der Waals surface area contributed by atoms with Crippen molar-refractivity contribution in [2.24, 2.45) is 0 Å². The fourth-order valence-corrected chi connectivity index (χ4v) is 3.63. The molecule has 0 fully saturated rings. The predicted molar refractivity (Wildman–Crippen MR) is 119 cm³/mol. The summed E-state index contributed by atoms with van der Waals surface area (Å²) in [6, 6.07) is 24.9. The molecule has 0 aliphatic carbocycles. The van der Waals surface area contributed by atoms with E-state index in [1.165, 1.54) is 4.90 Å². The van der Waals surface area contributed by atoms with Crippen molar-refractivity contribution in [2.75, 3.05) is 31.3 Å². The van der Waals surface area contributed by atoms with E-state index in [2.05, 4.69) is 22.8 Å². The molecule has 29 heavy (non-hydrogen) atoms. The minimum absolute atomic E-state index is 0.105. The van der Waals surface area contributed by atoms with Crippen molar-refractivity contribution in [3.05, 3.63) is 84.4 Å². The van der Waals surface area contributed by atoms with Gasteiger partial charge in [0.1, 0.15) is 0 Å². The molecule has 5 nitrogen and oxygen atoms in total. The van der Waals surface area contributed by atoms with Gasteiger partial charge in [-0.3, -0.25) is 9.59 Å². The Morgan fingerprint density at radius 1 is 0.897 bits per heavy atom. The van der Waals surface area contributed by atoms with E-state index >= 15 is 0 Å². The van der Waals surface area contributed by atoms with Crippen LogP contribution in [0.3, 0.4) is 0 Å². The molecule has 2 N–H and O–H groups in total. The second-order valence-corrected chi connectivity index (χ2v) is 7.71. The summed E-state index contributed by atoms with van der Waals surface area (Å²) in [4.78, 5) is 28.2. The molecular formula is C23H23N3O2S. The maximum absolute atomic E-state index is 12.4. The van der Waals surface area contributed by atoms with Gasteiger partial charge in [-0.15, -0.1) is 0 Å². The third-order valence-corrected chi connectivity index (χ3v) is 5.18. The summed E-state index contributed by atoms with van der Waals surface area (Å²) in [5, 5.41) is 6.04. The highest BCUT2D eigenvalue weighted by Gasteiger charge is 2.10. The van der Waals surface area contributed by atoms with Gasteiger partial charge in [-0.1, -0.05) is 48.2 Å². The number of anilines is 2. The Hall–Kier alpha value is -3.25. The lowest BCUT2D eigenvalue weighted by Crippen LogP contribution is -2.23. The van der Waals surface area contributed by atoms with Gasteiger partial charge in [0.25, 0.3) is 5.91 Å². The maximum atomic E-state index is 12.4. The average Bonchev–Trinajstić information content (AvgIpc) is 2.73. The van der Waals surface area contributed by atoms with Crippen LogP contribution in [-0.2, 0) is 4.79 Å². The largest absolute Gasteiger partial charge is 0.375 e. The Bertz CT molecular complexity index is 990. The standard InChI is InChI=1S/C23H23N3O2S/c1-26(2)23(28)17-9-8-10-18(15-17)25-22(27)16-24-20-13-6-7-14-21(20)29-19-11-4-3-5-12-19/h3-15,24H,16H2,1-2H3,(H,25,27). The molecule has 0 saturated carbocycles. The van der Waals surface area contributed by atoms with E-state index in [4.69, 9.17) is 0 Å². The molecule has 3 rings (SSSR count). The van der Waals surface area contributed by atoms with Crippen molar-refractivity contribution >= 4 is 35.0 Å². The number of nitrogens with zero attached hydrogens (tertiary/aromatic N) is 1. The molecule has 6 heteroatoms. The SMILES string of the molecule is CN(C)C(=O)c1cccc(NC(=O)CNc2ccccc2Sc2ccccc2)c1. The highest BCUT2D eigenvalue weighted by Crippen LogP contribution is 2.33. The normalized spacial score (nSPS) is 10.3. The van der Waals surface area contributed by atoms with Gasteiger partial charge in [-0.2, -0.15) is 0 Å². The van der Waals surface area contributed by atoms with Crippen LogP contribution in [0.25, 0.3) is 0 Å². The zero-order chi connectivity index (χ0) is 20.6. The highest BCUT2D eigenvalue weighted by atomic mass is 32.2. The van der Waals surface area contributed by atoms with E-state index in [9.17, 15) is 9.59 Å². The lowest BCUT2D eigenvalue weighted by atomic mass is 10.2. The Morgan fingerprint density at radius 3 is 2.38 bits per heavy atom. The van der Waals surface area contributed by atoms with Crippen LogP contribution in [0.15, 0.2) is 88.7 Å². The summed E-state index contributed by atoms with van der Waals surface area (Å²) < 4.78 is 0. The third-order valence-electron chi connectivity index (χ3n) is 4.10. The molecule has 3 aromatic carbocycles. The zero-order valence-electron chi connectivity index (χ0n) is 16.4. The van der Waals surface area contributed by atoms with Gasteiger partial charge in [0, 0.05) is 40.8 Å². The Balaban J connectivity index is 1.62. The molecule has 0 unspecified atom stereocenters. The van der Waals surface area contributed by atoms with Crippen molar-refractivity contribution in [3.8, 4) is 0 Å². The van der Waals surface area contributed by atoms with Crippen LogP contribution in [0.1, 0.15) is 10.4 Å². The van der Waals surface area contributed by atoms with Crippen LogP contribution < -0.4 is 10.6 Å². The van der Waals surface area contributed by atoms with Crippen LogP contribution in [0.5, 0.6) is 0 Å². The van der Waals surface area contributed by atoms with Crippen LogP contribution in [-0.4, -0.2) is 37.4 Å². The Kier molecular flexibility index (Phi) is 6.92.